The van der Waals surface area contributed by atoms with Crippen molar-refractivity contribution in [1.29, 1.82) is 0 Å². The van der Waals surface area contributed by atoms with Crippen LogP contribution in [0.4, 0.5) is 5.69 Å². The summed E-state index contributed by atoms with van der Waals surface area (Å²) in [6.07, 6.45) is 3.59. The molecule has 10 heteroatoms. The molecule has 0 bridgehead atoms. The van der Waals surface area contributed by atoms with Gasteiger partial charge in [0.1, 0.15) is 17.5 Å². The van der Waals surface area contributed by atoms with Crippen LogP contribution in [0.5, 0.6) is 0 Å². The van der Waals surface area contributed by atoms with Gasteiger partial charge >= 0.3 is 5.97 Å². The summed E-state index contributed by atoms with van der Waals surface area (Å²) in [6.45, 7) is 3.73. The second kappa shape index (κ2) is 9.75. The summed E-state index contributed by atoms with van der Waals surface area (Å²) in [7, 11) is -3.89. The first-order valence-electron chi connectivity index (χ1n) is 11.1. The lowest BCUT2D eigenvalue weighted by molar-refractivity contribution is -0.142. The van der Waals surface area contributed by atoms with Gasteiger partial charge in [0.25, 0.3) is 10.0 Å². The van der Waals surface area contributed by atoms with Crippen LogP contribution in [0.2, 0.25) is 0 Å². The second-order valence-electron chi connectivity index (χ2n) is 8.74. The average molecular weight is 495 g/mol. The third-order valence-electron chi connectivity index (χ3n) is 5.56. The molecule has 1 atom stereocenters. The molecule has 1 amide bonds. The van der Waals surface area contributed by atoms with E-state index in [4.69, 9.17) is 0 Å². The number of benzene rings is 2. The smallest absolute Gasteiger partial charge is 0.326 e. The van der Waals surface area contributed by atoms with Gasteiger partial charge in [-0.1, -0.05) is 32.0 Å². The summed E-state index contributed by atoms with van der Waals surface area (Å²) in [6, 6.07) is 14.3. The van der Waals surface area contributed by atoms with Crippen LogP contribution >= 0.6 is 0 Å². The first-order chi connectivity index (χ1) is 16.6. The van der Waals surface area contributed by atoms with E-state index in [1.807, 2.05) is 13.8 Å². The van der Waals surface area contributed by atoms with Crippen LogP contribution < -0.4 is 10.0 Å². The van der Waals surface area contributed by atoms with Gasteiger partial charge in [-0.2, -0.15) is 0 Å². The molecule has 0 aliphatic heterocycles. The molecule has 0 saturated heterocycles. The van der Waals surface area contributed by atoms with E-state index in [0.29, 0.717) is 23.1 Å². The Balaban J connectivity index is 1.53. The maximum absolute atomic E-state index is 13.1. The molecule has 0 radical (unpaired) electrons. The Hall–Kier alpha value is -3.92. The van der Waals surface area contributed by atoms with E-state index in [1.165, 1.54) is 6.07 Å². The number of anilines is 1. The molecule has 0 aliphatic rings. The summed E-state index contributed by atoms with van der Waals surface area (Å²) in [5.41, 5.74) is 1.47. The van der Waals surface area contributed by atoms with E-state index in [-0.39, 0.29) is 17.4 Å². The molecular weight excluding hydrogens is 468 g/mol. The third-order valence-corrected chi connectivity index (χ3v) is 6.98. The number of nitrogens with zero attached hydrogens (tertiary/aromatic N) is 2. The van der Waals surface area contributed by atoms with Crippen LogP contribution in [-0.4, -0.2) is 41.0 Å². The molecule has 0 fully saturated rings. The van der Waals surface area contributed by atoms with Crippen LogP contribution in [0, 0.1) is 5.92 Å². The molecule has 3 N–H and O–H groups in total. The van der Waals surface area contributed by atoms with Gasteiger partial charge in [0.05, 0.1) is 5.52 Å². The number of para-hydroxylation sites is 1. The molecule has 35 heavy (non-hydrogen) atoms. The SMILES string of the molecule is CC(C)C[C@H](NC(=O)Cn1ccc2cc(NS(=O)(=O)c3cccc4cccnc34)ccc21)C(=O)O. The Bertz CT molecular complexity index is 1510. The molecule has 2 aromatic heterocycles. The fourth-order valence-electron chi connectivity index (χ4n) is 3.99. The monoisotopic (exact) mass is 494 g/mol. The van der Waals surface area contributed by atoms with Crippen molar-refractivity contribution in [3.63, 3.8) is 0 Å². The highest BCUT2D eigenvalue weighted by atomic mass is 32.2. The topological polar surface area (TPSA) is 130 Å². The zero-order valence-electron chi connectivity index (χ0n) is 19.3. The quantitative estimate of drug-likeness (QED) is 0.326. The Kier molecular flexibility index (Phi) is 6.74. The number of nitrogens with one attached hydrogen (secondary N) is 2. The molecule has 0 aliphatic carbocycles. The molecule has 0 spiro atoms. The Morgan fingerprint density at radius 1 is 1.06 bits per heavy atom. The molecule has 4 aromatic rings. The summed E-state index contributed by atoms with van der Waals surface area (Å²) in [5, 5.41) is 13.4. The van der Waals surface area contributed by atoms with Crippen LogP contribution in [0.25, 0.3) is 21.8 Å². The lowest BCUT2D eigenvalue weighted by atomic mass is 10.0. The van der Waals surface area contributed by atoms with Crippen molar-refractivity contribution < 1.29 is 23.1 Å². The minimum atomic E-state index is -3.89. The van der Waals surface area contributed by atoms with Gasteiger partial charge in [-0.3, -0.25) is 14.5 Å². The number of amides is 1. The molecular formula is C25H26N4O5S. The predicted octanol–water partition coefficient (Wildman–Crippen LogP) is 3.61. The van der Waals surface area contributed by atoms with Crippen LogP contribution in [-0.2, 0) is 26.2 Å². The number of hydrogen-bond acceptors (Lipinski definition) is 5. The van der Waals surface area contributed by atoms with E-state index in [0.717, 1.165) is 10.8 Å². The number of hydrogen-bond donors (Lipinski definition) is 3. The Labute approximate surface area is 202 Å². The normalized spacial score (nSPS) is 12.7. The van der Waals surface area contributed by atoms with Gasteiger partial charge in [-0.05, 0) is 48.7 Å². The van der Waals surface area contributed by atoms with Crippen molar-refractivity contribution >= 4 is 49.4 Å². The number of rotatable bonds is 9. The number of carboxylic acid groups (broad SMARTS) is 1. The zero-order valence-corrected chi connectivity index (χ0v) is 20.1. The summed E-state index contributed by atoms with van der Waals surface area (Å²) in [4.78, 5) is 28.2. The van der Waals surface area contributed by atoms with Crippen molar-refractivity contribution in [2.45, 2.75) is 37.8 Å². The fraction of sp³-hybridized carbons (Fsp3) is 0.240. The number of aromatic nitrogens is 2. The van der Waals surface area contributed by atoms with Crippen LogP contribution in [0.15, 0.2) is 71.9 Å². The number of carbonyl (C=O) groups is 2. The van der Waals surface area contributed by atoms with Gasteiger partial charge in [0.2, 0.25) is 5.91 Å². The largest absolute Gasteiger partial charge is 0.480 e. The van der Waals surface area contributed by atoms with Crippen LogP contribution in [0.3, 0.4) is 0 Å². The predicted molar refractivity (Wildman–Crippen MR) is 134 cm³/mol. The Morgan fingerprint density at radius 3 is 2.57 bits per heavy atom. The third kappa shape index (κ3) is 5.43. The van der Waals surface area contributed by atoms with Gasteiger partial charge < -0.3 is 15.0 Å². The fourth-order valence-corrected chi connectivity index (χ4v) is 5.22. The second-order valence-corrected chi connectivity index (χ2v) is 10.4. The maximum atomic E-state index is 13.1. The highest BCUT2D eigenvalue weighted by Crippen LogP contribution is 2.26. The molecule has 0 saturated carbocycles. The molecule has 4 rings (SSSR count). The van der Waals surface area contributed by atoms with Crippen molar-refractivity contribution in [2.75, 3.05) is 4.72 Å². The molecule has 9 nitrogen and oxygen atoms in total. The van der Waals surface area contributed by atoms with Gasteiger partial charge in [-0.15, -0.1) is 0 Å². The standard InChI is InChI=1S/C25H26N4O5S/c1-16(2)13-20(25(31)32)27-23(30)15-29-12-10-18-14-19(8-9-21(18)29)28-35(33,34)22-7-3-5-17-6-4-11-26-24(17)22/h3-12,14,16,20,28H,13,15H2,1-2H3,(H,27,30)(H,31,32)/t20-/m0/s1. The first kappa shape index (κ1) is 24.2. The molecule has 2 heterocycles. The van der Waals surface area contributed by atoms with Gasteiger partial charge in [0, 0.05) is 34.4 Å². The van der Waals surface area contributed by atoms with E-state index in [1.54, 1.807) is 65.5 Å². The van der Waals surface area contributed by atoms with Crippen molar-refractivity contribution in [2.24, 2.45) is 5.92 Å². The molecule has 2 aromatic carbocycles. The minimum Gasteiger partial charge on any atom is -0.480 e. The van der Waals surface area contributed by atoms with Crippen LogP contribution in [0.1, 0.15) is 20.3 Å². The Morgan fingerprint density at radius 2 is 1.83 bits per heavy atom. The maximum Gasteiger partial charge on any atom is 0.326 e. The lowest BCUT2D eigenvalue weighted by Gasteiger charge is -2.17. The van der Waals surface area contributed by atoms with Gasteiger partial charge in [0.15, 0.2) is 0 Å². The number of fused-ring (bicyclic) bond motifs is 2. The lowest BCUT2D eigenvalue weighted by Crippen LogP contribution is -2.43. The van der Waals surface area contributed by atoms with E-state index >= 15 is 0 Å². The number of pyridine rings is 1. The summed E-state index contributed by atoms with van der Waals surface area (Å²) in [5.74, 6) is -1.36. The molecule has 182 valence electrons. The summed E-state index contributed by atoms with van der Waals surface area (Å²) >= 11 is 0. The molecule has 0 unspecified atom stereocenters. The zero-order chi connectivity index (χ0) is 25.2. The number of carbonyl (C=O) groups excluding carboxylic acids is 1. The highest BCUT2D eigenvalue weighted by Gasteiger charge is 2.22. The summed E-state index contributed by atoms with van der Waals surface area (Å²) < 4.78 is 30.4. The van der Waals surface area contributed by atoms with Gasteiger partial charge in [-0.25, -0.2) is 13.2 Å². The van der Waals surface area contributed by atoms with Crippen molar-refractivity contribution in [3.05, 3.63) is 67.0 Å². The van der Waals surface area contributed by atoms with E-state index < -0.39 is 27.9 Å². The first-order valence-corrected chi connectivity index (χ1v) is 12.6. The van der Waals surface area contributed by atoms with E-state index in [9.17, 15) is 23.1 Å². The average Bonchev–Trinajstić information content (AvgIpc) is 3.19. The van der Waals surface area contributed by atoms with Crippen molar-refractivity contribution in [3.8, 4) is 0 Å². The number of aliphatic carboxylic acids is 1. The number of sulfonamides is 1. The number of carboxylic acids is 1. The highest BCUT2D eigenvalue weighted by molar-refractivity contribution is 7.93. The van der Waals surface area contributed by atoms with Crippen molar-refractivity contribution in [1.82, 2.24) is 14.9 Å². The minimum absolute atomic E-state index is 0.0574. The van der Waals surface area contributed by atoms with E-state index in [2.05, 4.69) is 15.0 Å².